The number of rotatable bonds is 4. The van der Waals surface area contributed by atoms with Crippen LogP contribution in [0.5, 0.6) is 0 Å². The van der Waals surface area contributed by atoms with Gasteiger partial charge in [-0.2, -0.15) is 0 Å². The predicted octanol–water partition coefficient (Wildman–Crippen LogP) is 2.41. The van der Waals surface area contributed by atoms with E-state index in [0.717, 1.165) is 5.56 Å². The second-order valence-electron chi connectivity index (χ2n) is 5.57. The quantitative estimate of drug-likeness (QED) is 0.937. The van der Waals surface area contributed by atoms with Gasteiger partial charge in [0, 0.05) is 19.3 Å². The maximum absolute atomic E-state index is 13.8. The highest BCUT2D eigenvalue weighted by molar-refractivity contribution is 5.99. The van der Waals surface area contributed by atoms with Crippen molar-refractivity contribution in [1.82, 2.24) is 9.88 Å². The van der Waals surface area contributed by atoms with Gasteiger partial charge in [-0.15, -0.1) is 0 Å². The molecule has 1 N–H and O–H groups in total. The molecule has 1 fully saturated rings. The highest BCUT2D eigenvalue weighted by Gasteiger charge is 2.32. The number of pyridine rings is 1. The minimum atomic E-state index is -0.457. The number of hydrogen-bond donors (Lipinski definition) is 1. The molecule has 1 aliphatic heterocycles. The average molecular weight is 328 g/mol. The molecule has 1 aromatic carbocycles. The van der Waals surface area contributed by atoms with Gasteiger partial charge < -0.3 is 10.2 Å². The van der Waals surface area contributed by atoms with E-state index in [0.29, 0.717) is 18.9 Å². The summed E-state index contributed by atoms with van der Waals surface area (Å²) >= 11 is 0. The van der Waals surface area contributed by atoms with Crippen molar-refractivity contribution in [2.24, 2.45) is 0 Å². The van der Waals surface area contributed by atoms with Gasteiger partial charge in [0.15, 0.2) is 0 Å². The van der Waals surface area contributed by atoms with Crippen molar-refractivity contribution in [2.45, 2.75) is 6.92 Å². The number of urea groups is 1. The van der Waals surface area contributed by atoms with Crippen LogP contribution in [0, 0.1) is 12.7 Å². The van der Waals surface area contributed by atoms with Crippen LogP contribution in [0.15, 0.2) is 42.6 Å². The molecule has 24 heavy (non-hydrogen) atoms. The molecule has 0 aliphatic carbocycles. The first-order valence-electron chi connectivity index (χ1n) is 7.58. The zero-order valence-electron chi connectivity index (χ0n) is 13.2. The van der Waals surface area contributed by atoms with Crippen LogP contribution in [0.25, 0.3) is 0 Å². The molecule has 3 rings (SSSR count). The number of halogens is 1. The van der Waals surface area contributed by atoms with Crippen LogP contribution in [0.2, 0.25) is 0 Å². The summed E-state index contributed by atoms with van der Waals surface area (Å²) < 4.78 is 13.8. The van der Waals surface area contributed by atoms with E-state index in [4.69, 9.17) is 0 Å². The lowest BCUT2D eigenvalue weighted by Crippen LogP contribution is -2.37. The Morgan fingerprint density at radius 2 is 2.08 bits per heavy atom. The highest BCUT2D eigenvalue weighted by atomic mass is 19.1. The van der Waals surface area contributed by atoms with E-state index in [-0.39, 0.29) is 24.2 Å². The Bertz CT molecular complexity index is 781. The second kappa shape index (κ2) is 6.66. The lowest BCUT2D eigenvalue weighted by Gasteiger charge is -2.18. The van der Waals surface area contributed by atoms with Crippen LogP contribution in [0.1, 0.15) is 5.56 Å². The third-order valence-electron chi connectivity index (χ3n) is 3.76. The largest absolute Gasteiger partial charge is 0.325 e. The minimum absolute atomic E-state index is 0.0978. The number of nitrogens with one attached hydrogen (secondary N) is 1. The van der Waals surface area contributed by atoms with Gasteiger partial charge in [0.1, 0.15) is 18.2 Å². The number of carbonyl (C=O) groups excluding carboxylic acids is 2. The standard InChI is InChI=1S/C17H17FN4O2/c1-12-6-7-19-15(10-12)20-16(23)11-21-8-9-22(17(21)24)14-5-3-2-4-13(14)18/h2-7,10H,8-9,11H2,1H3,(H,19,20,23). The normalized spacial score (nSPS) is 14.2. The summed E-state index contributed by atoms with van der Waals surface area (Å²) in [5, 5.41) is 2.66. The molecule has 0 bridgehead atoms. The number of para-hydroxylation sites is 1. The number of anilines is 2. The molecule has 0 unspecified atom stereocenters. The third kappa shape index (κ3) is 3.34. The number of benzene rings is 1. The van der Waals surface area contributed by atoms with Crippen LogP contribution in [-0.4, -0.2) is 41.5 Å². The Balaban J connectivity index is 1.63. The highest BCUT2D eigenvalue weighted by Crippen LogP contribution is 2.23. The molecule has 124 valence electrons. The van der Waals surface area contributed by atoms with Crippen LogP contribution >= 0.6 is 0 Å². The van der Waals surface area contributed by atoms with Crippen molar-refractivity contribution in [1.29, 1.82) is 0 Å². The Hall–Kier alpha value is -2.96. The van der Waals surface area contributed by atoms with Crippen molar-refractivity contribution in [3.05, 3.63) is 54.0 Å². The van der Waals surface area contributed by atoms with E-state index in [1.165, 1.54) is 15.9 Å². The fraction of sp³-hybridized carbons (Fsp3) is 0.235. The average Bonchev–Trinajstić information content (AvgIpc) is 2.89. The molecule has 7 heteroatoms. The summed E-state index contributed by atoms with van der Waals surface area (Å²) in [6.07, 6.45) is 1.60. The van der Waals surface area contributed by atoms with Gasteiger partial charge in [-0.05, 0) is 36.8 Å². The first-order chi connectivity index (χ1) is 11.5. The molecular weight excluding hydrogens is 311 g/mol. The summed E-state index contributed by atoms with van der Waals surface area (Å²) in [5.41, 5.74) is 1.20. The van der Waals surface area contributed by atoms with Gasteiger partial charge in [-0.25, -0.2) is 14.2 Å². The summed E-state index contributed by atoms with van der Waals surface area (Å²) in [6.45, 7) is 2.50. The molecular formula is C17H17FN4O2. The molecule has 2 heterocycles. The third-order valence-corrected chi connectivity index (χ3v) is 3.76. The summed E-state index contributed by atoms with van der Waals surface area (Å²) in [5.74, 6) is -0.351. The fourth-order valence-electron chi connectivity index (χ4n) is 2.58. The Labute approximate surface area is 138 Å². The first kappa shape index (κ1) is 15.9. The maximum atomic E-state index is 13.8. The van der Waals surface area contributed by atoms with Gasteiger partial charge in [0.2, 0.25) is 5.91 Å². The number of aromatic nitrogens is 1. The molecule has 6 nitrogen and oxygen atoms in total. The Morgan fingerprint density at radius 3 is 2.83 bits per heavy atom. The van der Waals surface area contributed by atoms with E-state index in [1.54, 1.807) is 30.5 Å². The predicted molar refractivity (Wildman–Crippen MR) is 88.3 cm³/mol. The van der Waals surface area contributed by atoms with Crippen LogP contribution in [0.4, 0.5) is 20.7 Å². The fourth-order valence-corrected chi connectivity index (χ4v) is 2.58. The lowest BCUT2D eigenvalue weighted by atomic mass is 10.3. The van der Waals surface area contributed by atoms with Gasteiger partial charge in [0.05, 0.1) is 5.69 Å². The first-order valence-corrected chi connectivity index (χ1v) is 7.58. The SMILES string of the molecule is Cc1ccnc(NC(=O)CN2CCN(c3ccccc3F)C2=O)c1. The van der Waals surface area contributed by atoms with Crippen molar-refractivity contribution in [2.75, 3.05) is 29.9 Å². The number of hydrogen-bond acceptors (Lipinski definition) is 3. The molecule has 0 spiro atoms. The molecule has 1 saturated heterocycles. The van der Waals surface area contributed by atoms with E-state index >= 15 is 0 Å². The molecule has 1 aliphatic rings. The smallest absolute Gasteiger partial charge is 0.313 e. The van der Waals surface area contributed by atoms with Crippen LogP contribution < -0.4 is 10.2 Å². The Morgan fingerprint density at radius 1 is 1.29 bits per heavy atom. The number of amides is 3. The van der Waals surface area contributed by atoms with Crippen LogP contribution in [0.3, 0.4) is 0 Å². The lowest BCUT2D eigenvalue weighted by molar-refractivity contribution is -0.116. The van der Waals surface area contributed by atoms with Crippen LogP contribution in [-0.2, 0) is 4.79 Å². The van der Waals surface area contributed by atoms with Crippen molar-refractivity contribution >= 4 is 23.4 Å². The van der Waals surface area contributed by atoms with E-state index in [9.17, 15) is 14.0 Å². The molecule has 1 aromatic heterocycles. The van der Waals surface area contributed by atoms with E-state index < -0.39 is 5.82 Å². The zero-order chi connectivity index (χ0) is 17.1. The molecule has 0 radical (unpaired) electrons. The monoisotopic (exact) mass is 328 g/mol. The topological polar surface area (TPSA) is 65.5 Å². The Kier molecular flexibility index (Phi) is 4.41. The van der Waals surface area contributed by atoms with Crippen molar-refractivity contribution < 1.29 is 14.0 Å². The number of carbonyl (C=O) groups is 2. The molecule has 3 amide bonds. The molecule has 0 saturated carbocycles. The van der Waals surface area contributed by atoms with Gasteiger partial charge in [0.25, 0.3) is 0 Å². The van der Waals surface area contributed by atoms with E-state index in [1.807, 2.05) is 13.0 Å². The summed E-state index contributed by atoms with van der Waals surface area (Å²) in [7, 11) is 0. The van der Waals surface area contributed by atoms with Crippen molar-refractivity contribution in [3.63, 3.8) is 0 Å². The van der Waals surface area contributed by atoms with Crippen molar-refractivity contribution in [3.8, 4) is 0 Å². The summed E-state index contributed by atoms with van der Waals surface area (Å²) in [4.78, 5) is 31.3. The maximum Gasteiger partial charge on any atom is 0.325 e. The van der Waals surface area contributed by atoms with Gasteiger partial charge >= 0.3 is 6.03 Å². The zero-order valence-corrected chi connectivity index (χ0v) is 13.2. The second-order valence-corrected chi connectivity index (χ2v) is 5.57. The van der Waals surface area contributed by atoms with Gasteiger partial charge in [-0.1, -0.05) is 12.1 Å². The minimum Gasteiger partial charge on any atom is -0.313 e. The number of aryl methyl sites for hydroxylation is 1. The van der Waals surface area contributed by atoms with E-state index in [2.05, 4.69) is 10.3 Å². The molecule has 0 atom stereocenters. The van der Waals surface area contributed by atoms with Gasteiger partial charge in [-0.3, -0.25) is 9.69 Å². The summed E-state index contributed by atoms with van der Waals surface area (Å²) in [6, 6.07) is 9.28. The molecule has 2 aromatic rings. The number of nitrogens with zero attached hydrogens (tertiary/aromatic N) is 3.